The number of carbonyl (C=O) groups is 3. The lowest BCUT2D eigenvalue weighted by Gasteiger charge is -2.08. The number of nitrogens with one attached hydrogen (secondary N) is 1. The number of carbonyl (C=O) groups excluding carboxylic acids is 1. The van der Waals surface area contributed by atoms with Gasteiger partial charge in [-0.1, -0.05) is 24.3 Å². The van der Waals surface area contributed by atoms with Gasteiger partial charge in [-0.15, -0.1) is 0 Å². The highest BCUT2D eigenvalue weighted by atomic mass is 16.5. The van der Waals surface area contributed by atoms with Gasteiger partial charge in [0.05, 0.1) is 13.0 Å². The molecule has 0 spiro atoms. The molecule has 0 saturated heterocycles. The van der Waals surface area contributed by atoms with Crippen molar-refractivity contribution >= 4 is 28.6 Å². The molecule has 0 saturated carbocycles. The van der Waals surface area contributed by atoms with Gasteiger partial charge in [0.1, 0.15) is 11.8 Å². The fraction of sp³-hybridized carbons (Fsp3) is 0.350. The predicted molar refractivity (Wildman–Crippen MR) is 105 cm³/mol. The van der Waals surface area contributed by atoms with Crippen LogP contribution >= 0.6 is 0 Å². The first-order valence-corrected chi connectivity index (χ1v) is 8.68. The Kier molecular flexibility index (Phi) is 8.90. The van der Waals surface area contributed by atoms with Gasteiger partial charge in [-0.2, -0.15) is 0 Å². The number of hydrogen-bond donors (Lipinski definition) is 4. The Balaban J connectivity index is 0.000000311. The van der Waals surface area contributed by atoms with Crippen LogP contribution in [0.2, 0.25) is 0 Å². The van der Waals surface area contributed by atoms with Crippen molar-refractivity contribution in [1.82, 2.24) is 5.32 Å². The summed E-state index contributed by atoms with van der Waals surface area (Å²) in [6.07, 6.45) is 0.332. The minimum Gasteiger partial charge on any atom is -0.497 e. The summed E-state index contributed by atoms with van der Waals surface area (Å²) in [5.41, 5.74) is 5.65. The number of amides is 1. The lowest BCUT2D eigenvalue weighted by Crippen LogP contribution is -2.34. The van der Waals surface area contributed by atoms with Gasteiger partial charge < -0.3 is 26.0 Å². The Morgan fingerprint density at radius 1 is 1.07 bits per heavy atom. The van der Waals surface area contributed by atoms with Crippen molar-refractivity contribution in [3.8, 4) is 5.75 Å². The number of hydrogen-bond acceptors (Lipinski definition) is 5. The third-order valence-corrected chi connectivity index (χ3v) is 4.27. The fourth-order valence-electron chi connectivity index (χ4n) is 2.46. The summed E-state index contributed by atoms with van der Waals surface area (Å²) in [6, 6.07) is 10.7. The van der Waals surface area contributed by atoms with E-state index >= 15 is 0 Å². The van der Waals surface area contributed by atoms with E-state index in [1.165, 1.54) is 7.05 Å². The number of rotatable bonds is 8. The number of benzene rings is 2. The minimum atomic E-state index is -0.964. The van der Waals surface area contributed by atoms with Gasteiger partial charge in [0, 0.05) is 6.42 Å². The van der Waals surface area contributed by atoms with Crippen molar-refractivity contribution in [3.63, 3.8) is 0 Å². The monoisotopic (exact) mass is 390 g/mol. The topological polar surface area (TPSA) is 139 Å². The number of ether oxygens (including phenoxy) is 1. The van der Waals surface area contributed by atoms with Crippen LogP contribution in [0.25, 0.3) is 10.8 Å². The summed E-state index contributed by atoms with van der Waals surface area (Å²) in [5, 5.41) is 22.1. The molecule has 5 N–H and O–H groups in total. The average molecular weight is 390 g/mol. The average Bonchev–Trinajstić information content (AvgIpc) is 2.66. The van der Waals surface area contributed by atoms with Crippen LogP contribution in [0.1, 0.15) is 31.2 Å². The molecule has 0 bridgehead atoms. The van der Waals surface area contributed by atoms with E-state index in [9.17, 15) is 14.4 Å². The molecular formula is C20H26N2O6. The Bertz CT molecular complexity index is 837. The largest absolute Gasteiger partial charge is 0.497 e. The molecule has 0 aliphatic rings. The van der Waals surface area contributed by atoms with Crippen molar-refractivity contribution < 1.29 is 29.3 Å². The first-order valence-electron chi connectivity index (χ1n) is 8.68. The third kappa shape index (κ3) is 6.88. The van der Waals surface area contributed by atoms with E-state index in [4.69, 9.17) is 20.7 Å². The number of methoxy groups -OCH3 is 1. The van der Waals surface area contributed by atoms with E-state index < -0.39 is 29.8 Å². The normalized spacial score (nSPS) is 12.4. The van der Waals surface area contributed by atoms with E-state index in [0.717, 1.165) is 22.1 Å². The van der Waals surface area contributed by atoms with Gasteiger partial charge in [-0.25, -0.2) is 0 Å². The second-order valence-electron chi connectivity index (χ2n) is 6.22. The van der Waals surface area contributed by atoms with Crippen molar-refractivity contribution in [2.45, 2.75) is 31.7 Å². The quantitative estimate of drug-likeness (QED) is 0.540. The van der Waals surface area contributed by atoms with Crippen LogP contribution in [-0.2, 0) is 14.4 Å². The van der Waals surface area contributed by atoms with Crippen molar-refractivity contribution in [1.29, 1.82) is 0 Å². The number of aliphatic carboxylic acids is 2. The third-order valence-electron chi connectivity index (χ3n) is 4.27. The van der Waals surface area contributed by atoms with Crippen LogP contribution in [0, 0.1) is 0 Å². The zero-order chi connectivity index (χ0) is 21.3. The van der Waals surface area contributed by atoms with Gasteiger partial charge in [0.25, 0.3) is 0 Å². The van der Waals surface area contributed by atoms with Gasteiger partial charge in [-0.3, -0.25) is 14.4 Å². The molecule has 28 heavy (non-hydrogen) atoms. The first-order chi connectivity index (χ1) is 13.2. The summed E-state index contributed by atoms with van der Waals surface area (Å²) in [6.45, 7) is 1.69. The lowest BCUT2D eigenvalue weighted by atomic mass is 9.98. The standard InChI is InChI=1S/C14H14O3.C6H12N2O3/c1-9(14(15)16)10-3-4-12-8-13(17-2)6-5-11(12)7-10;1-8-4(6(10)11)2-3-5(7)9/h3-9H,1-2H3,(H,15,16);4,8H,2-3H2,1H3,(H2,7,9)(H,10,11)/t9-;4-/m01/s1. The van der Waals surface area contributed by atoms with E-state index in [2.05, 4.69) is 5.32 Å². The smallest absolute Gasteiger partial charge is 0.320 e. The van der Waals surface area contributed by atoms with Gasteiger partial charge in [0.2, 0.25) is 5.91 Å². The van der Waals surface area contributed by atoms with Crippen molar-refractivity contribution in [3.05, 3.63) is 42.0 Å². The maximum atomic E-state index is 10.9. The Hall–Kier alpha value is -3.13. The molecule has 0 unspecified atom stereocenters. The van der Waals surface area contributed by atoms with E-state index in [1.807, 2.05) is 36.4 Å². The van der Waals surface area contributed by atoms with Crippen molar-refractivity contribution in [2.24, 2.45) is 5.73 Å². The van der Waals surface area contributed by atoms with Crippen LogP contribution in [0.5, 0.6) is 5.75 Å². The molecule has 152 valence electrons. The highest BCUT2D eigenvalue weighted by Gasteiger charge is 2.15. The number of fused-ring (bicyclic) bond motifs is 1. The summed E-state index contributed by atoms with van der Waals surface area (Å²) in [5.74, 6) is -1.93. The SMILES string of the molecule is CN[C@H](CCC(N)=O)C(=O)O.COc1ccc2cc([C@H](C)C(=O)O)ccc2c1. The highest BCUT2D eigenvalue weighted by molar-refractivity contribution is 5.86. The van der Waals surface area contributed by atoms with Gasteiger partial charge in [0.15, 0.2) is 0 Å². The molecule has 8 heteroatoms. The molecule has 0 aliphatic heterocycles. The van der Waals surface area contributed by atoms with Crippen molar-refractivity contribution in [2.75, 3.05) is 14.2 Å². The van der Waals surface area contributed by atoms with Crippen LogP contribution in [0.3, 0.4) is 0 Å². The maximum Gasteiger partial charge on any atom is 0.320 e. The van der Waals surface area contributed by atoms with Crippen LogP contribution in [0.15, 0.2) is 36.4 Å². The van der Waals surface area contributed by atoms with E-state index in [0.29, 0.717) is 0 Å². The highest BCUT2D eigenvalue weighted by Crippen LogP contribution is 2.25. The van der Waals surface area contributed by atoms with Crippen LogP contribution in [0.4, 0.5) is 0 Å². The summed E-state index contributed by atoms with van der Waals surface area (Å²) >= 11 is 0. The molecule has 2 atom stereocenters. The van der Waals surface area contributed by atoms with Crippen LogP contribution < -0.4 is 15.8 Å². The number of likely N-dealkylation sites (N-methyl/N-ethyl adjacent to an activating group) is 1. The van der Waals surface area contributed by atoms with E-state index in [-0.39, 0.29) is 12.8 Å². The molecule has 0 aliphatic carbocycles. The van der Waals surface area contributed by atoms with Crippen LogP contribution in [-0.4, -0.2) is 48.3 Å². The number of carboxylic acid groups (broad SMARTS) is 2. The number of primary amides is 1. The van der Waals surface area contributed by atoms with E-state index in [1.54, 1.807) is 14.0 Å². The number of carboxylic acids is 2. The molecular weight excluding hydrogens is 364 g/mol. The lowest BCUT2D eigenvalue weighted by molar-refractivity contribution is -0.140. The first kappa shape index (κ1) is 22.9. The molecule has 2 aromatic carbocycles. The minimum absolute atomic E-state index is 0.0950. The summed E-state index contributed by atoms with van der Waals surface area (Å²) in [4.78, 5) is 31.5. The molecule has 8 nitrogen and oxygen atoms in total. The second kappa shape index (κ2) is 10.9. The Labute approximate surface area is 163 Å². The molecule has 1 amide bonds. The van der Waals surface area contributed by atoms with Gasteiger partial charge >= 0.3 is 11.9 Å². The molecule has 0 fully saturated rings. The molecule has 0 radical (unpaired) electrons. The predicted octanol–water partition coefficient (Wildman–Crippen LogP) is 1.96. The molecule has 2 aromatic rings. The Morgan fingerprint density at radius 2 is 1.68 bits per heavy atom. The second-order valence-corrected chi connectivity index (χ2v) is 6.22. The molecule has 0 aromatic heterocycles. The van der Waals surface area contributed by atoms with Gasteiger partial charge in [-0.05, 0) is 48.9 Å². The molecule has 0 heterocycles. The summed E-state index contributed by atoms with van der Waals surface area (Å²) < 4.78 is 5.14. The fourth-order valence-corrected chi connectivity index (χ4v) is 2.46. The zero-order valence-corrected chi connectivity index (χ0v) is 16.1. The molecule has 2 rings (SSSR count). The summed E-state index contributed by atoms with van der Waals surface area (Å²) in [7, 11) is 3.15. The Morgan fingerprint density at radius 3 is 2.18 bits per heavy atom. The zero-order valence-electron chi connectivity index (χ0n) is 16.1. The maximum absolute atomic E-state index is 10.9. The number of nitrogens with two attached hydrogens (primary N) is 1.